The fraction of sp³-hybridized carbons (Fsp3) is 0.500. The van der Waals surface area contributed by atoms with Crippen LogP contribution in [0.5, 0.6) is 5.75 Å². The quantitative estimate of drug-likeness (QED) is 0.309. The van der Waals surface area contributed by atoms with Gasteiger partial charge in [-0.1, -0.05) is 11.8 Å². The first-order chi connectivity index (χ1) is 15.6. The van der Waals surface area contributed by atoms with Gasteiger partial charge < -0.3 is 23.7 Å². The third kappa shape index (κ3) is 8.17. The Morgan fingerprint density at radius 1 is 0.970 bits per heavy atom. The third-order valence-electron chi connectivity index (χ3n) is 4.46. The summed E-state index contributed by atoms with van der Waals surface area (Å²) in [7, 11) is 1.55. The maximum Gasteiger partial charge on any atom is 0.303 e. The number of rotatable bonds is 8. The molecule has 0 radical (unpaired) electrons. The predicted molar refractivity (Wildman–Crippen MR) is 119 cm³/mol. The SMILES string of the molecule is COc1ccc(C=NC2C(SC(C)=O)OC(COC(C)=O)C(OC(C)=O)C2OC(C)=O)cc1. The first-order valence-corrected chi connectivity index (χ1v) is 11.0. The number of methoxy groups -OCH3 is 1. The average Bonchev–Trinajstić information content (AvgIpc) is 2.73. The Morgan fingerprint density at radius 2 is 1.58 bits per heavy atom. The molecule has 1 aliphatic rings. The van der Waals surface area contributed by atoms with Gasteiger partial charge in [0.25, 0.3) is 0 Å². The summed E-state index contributed by atoms with van der Waals surface area (Å²) in [4.78, 5) is 51.5. The molecule has 33 heavy (non-hydrogen) atoms. The van der Waals surface area contributed by atoms with E-state index < -0.39 is 47.7 Å². The van der Waals surface area contributed by atoms with E-state index in [-0.39, 0.29) is 11.7 Å². The van der Waals surface area contributed by atoms with Crippen molar-refractivity contribution in [1.29, 1.82) is 0 Å². The molecular formula is C22H27NO9S. The van der Waals surface area contributed by atoms with Gasteiger partial charge in [-0.05, 0) is 29.8 Å². The zero-order valence-corrected chi connectivity index (χ0v) is 19.8. The van der Waals surface area contributed by atoms with Gasteiger partial charge in [0, 0.05) is 33.9 Å². The van der Waals surface area contributed by atoms with E-state index in [1.807, 2.05) is 0 Å². The molecule has 0 aliphatic carbocycles. The predicted octanol–water partition coefficient (Wildman–Crippen LogP) is 1.91. The first kappa shape index (κ1) is 26.3. The van der Waals surface area contributed by atoms with E-state index in [4.69, 9.17) is 23.7 Å². The molecule has 5 unspecified atom stereocenters. The molecular weight excluding hydrogens is 454 g/mol. The van der Waals surface area contributed by atoms with Crippen LogP contribution in [0.15, 0.2) is 29.3 Å². The van der Waals surface area contributed by atoms with Crippen molar-refractivity contribution in [3.8, 4) is 5.75 Å². The lowest BCUT2D eigenvalue weighted by molar-refractivity contribution is -0.208. The molecule has 1 saturated heterocycles. The molecule has 1 aromatic carbocycles. The van der Waals surface area contributed by atoms with Crippen LogP contribution in [0.1, 0.15) is 33.3 Å². The normalized spacial score (nSPS) is 24.7. The minimum atomic E-state index is -1.12. The second-order valence-electron chi connectivity index (χ2n) is 7.14. The van der Waals surface area contributed by atoms with Crippen LogP contribution in [0.2, 0.25) is 0 Å². The maximum absolute atomic E-state index is 11.9. The second kappa shape index (κ2) is 12.4. The maximum atomic E-state index is 11.9. The van der Waals surface area contributed by atoms with Crippen LogP contribution in [0.3, 0.4) is 0 Å². The van der Waals surface area contributed by atoms with Crippen LogP contribution in [-0.2, 0) is 38.1 Å². The molecule has 10 nitrogen and oxygen atoms in total. The van der Waals surface area contributed by atoms with Crippen LogP contribution in [-0.4, -0.2) is 72.7 Å². The van der Waals surface area contributed by atoms with Gasteiger partial charge in [0.1, 0.15) is 29.9 Å². The number of esters is 3. The zero-order valence-electron chi connectivity index (χ0n) is 19.0. The van der Waals surface area contributed by atoms with Crippen molar-refractivity contribution >= 4 is 41.0 Å². The molecule has 0 N–H and O–H groups in total. The summed E-state index contributed by atoms with van der Waals surface area (Å²) in [5.41, 5.74) is -0.177. The van der Waals surface area contributed by atoms with Crippen molar-refractivity contribution < 1.29 is 42.9 Å². The molecule has 180 valence electrons. The molecule has 0 aromatic heterocycles. The Morgan fingerprint density at radius 3 is 2.09 bits per heavy atom. The molecule has 0 amide bonds. The molecule has 0 spiro atoms. The number of nitrogens with zero attached hydrogens (tertiary/aromatic N) is 1. The van der Waals surface area contributed by atoms with Gasteiger partial charge >= 0.3 is 17.9 Å². The third-order valence-corrected chi connectivity index (χ3v) is 5.42. The number of carbonyl (C=O) groups excluding carboxylic acids is 4. The highest BCUT2D eigenvalue weighted by atomic mass is 32.2. The monoisotopic (exact) mass is 481 g/mol. The lowest BCUT2D eigenvalue weighted by Crippen LogP contribution is -2.60. The lowest BCUT2D eigenvalue weighted by atomic mass is 9.97. The lowest BCUT2D eigenvalue weighted by Gasteiger charge is -2.43. The average molecular weight is 482 g/mol. The summed E-state index contributed by atoms with van der Waals surface area (Å²) < 4.78 is 27.1. The number of ether oxygens (including phenoxy) is 5. The Balaban J connectivity index is 2.45. The zero-order chi connectivity index (χ0) is 24.5. The van der Waals surface area contributed by atoms with Gasteiger partial charge in [-0.25, -0.2) is 0 Å². The summed E-state index contributed by atoms with van der Waals surface area (Å²) in [6.07, 6.45) is -1.65. The molecule has 0 bridgehead atoms. The second-order valence-corrected chi connectivity index (χ2v) is 8.42. The van der Waals surface area contributed by atoms with E-state index in [1.54, 1.807) is 31.4 Å². The molecule has 1 aliphatic heterocycles. The molecule has 1 fully saturated rings. The van der Waals surface area contributed by atoms with Gasteiger partial charge in [-0.3, -0.25) is 24.2 Å². The van der Waals surface area contributed by atoms with Gasteiger partial charge in [0.2, 0.25) is 0 Å². The van der Waals surface area contributed by atoms with Crippen LogP contribution in [0, 0.1) is 0 Å². The van der Waals surface area contributed by atoms with Crippen LogP contribution in [0.25, 0.3) is 0 Å². The van der Waals surface area contributed by atoms with Gasteiger partial charge in [-0.15, -0.1) is 0 Å². The number of hydrogen-bond donors (Lipinski definition) is 0. The smallest absolute Gasteiger partial charge is 0.303 e. The highest BCUT2D eigenvalue weighted by Gasteiger charge is 2.50. The van der Waals surface area contributed by atoms with E-state index in [1.165, 1.54) is 33.9 Å². The van der Waals surface area contributed by atoms with E-state index in [0.717, 1.165) is 17.3 Å². The minimum Gasteiger partial charge on any atom is -0.497 e. The van der Waals surface area contributed by atoms with Crippen molar-refractivity contribution in [1.82, 2.24) is 0 Å². The number of aliphatic imine (C=N–C) groups is 1. The van der Waals surface area contributed by atoms with Crippen molar-refractivity contribution in [3.63, 3.8) is 0 Å². The number of benzene rings is 1. The summed E-state index contributed by atoms with van der Waals surface area (Å²) >= 11 is 0.847. The van der Waals surface area contributed by atoms with E-state index in [2.05, 4.69) is 4.99 Å². The van der Waals surface area contributed by atoms with Crippen molar-refractivity contribution in [2.75, 3.05) is 13.7 Å². The number of hydrogen-bond acceptors (Lipinski definition) is 11. The Kier molecular flexibility index (Phi) is 9.86. The summed E-state index contributed by atoms with van der Waals surface area (Å²) in [5.74, 6) is -1.19. The molecule has 0 saturated carbocycles. The van der Waals surface area contributed by atoms with E-state index in [9.17, 15) is 19.2 Å². The first-order valence-electron chi connectivity index (χ1n) is 10.1. The van der Waals surface area contributed by atoms with Crippen LogP contribution < -0.4 is 4.74 Å². The van der Waals surface area contributed by atoms with Gasteiger partial charge in [-0.2, -0.15) is 0 Å². The number of carbonyl (C=O) groups is 4. The number of thioether (sulfide) groups is 1. The highest BCUT2D eigenvalue weighted by molar-refractivity contribution is 8.14. The summed E-state index contributed by atoms with van der Waals surface area (Å²) in [6.45, 7) is 4.71. The fourth-order valence-electron chi connectivity index (χ4n) is 3.17. The fourth-order valence-corrected chi connectivity index (χ4v) is 4.06. The summed E-state index contributed by atoms with van der Waals surface area (Å²) in [5, 5.41) is -0.261. The van der Waals surface area contributed by atoms with Gasteiger partial charge in [0.15, 0.2) is 17.3 Å². The van der Waals surface area contributed by atoms with Gasteiger partial charge in [0.05, 0.1) is 7.11 Å². The molecule has 5 atom stereocenters. The Bertz CT molecular complexity index is 886. The van der Waals surface area contributed by atoms with Crippen LogP contribution in [0.4, 0.5) is 0 Å². The Hall–Kier alpha value is -2.92. The van der Waals surface area contributed by atoms with E-state index in [0.29, 0.717) is 5.75 Å². The van der Waals surface area contributed by atoms with Crippen molar-refractivity contribution in [2.45, 2.75) is 57.5 Å². The minimum absolute atomic E-state index is 0.261. The topological polar surface area (TPSA) is 127 Å². The molecule has 2 rings (SSSR count). The van der Waals surface area contributed by atoms with Crippen LogP contribution >= 0.6 is 11.8 Å². The Labute approximate surface area is 195 Å². The largest absolute Gasteiger partial charge is 0.497 e. The molecule has 11 heteroatoms. The van der Waals surface area contributed by atoms with E-state index >= 15 is 0 Å². The summed E-state index contributed by atoms with van der Waals surface area (Å²) in [6, 6.07) is 6.14. The standard InChI is InChI=1S/C22H27NO9S/c1-12(24)29-11-18-20(30-13(2)25)21(31-14(3)26)19(22(32-18)33-15(4)27)23-10-16-6-8-17(28-5)9-7-16/h6-10,18-22H,11H2,1-5H3. The highest BCUT2D eigenvalue weighted by Crippen LogP contribution is 2.34. The molecule has 1 heterocycles. The van der Waals surface area contributed by atoms with Crippen molar-refractivity contribution in [3.05, 3.63) is 29.8 Å². The van der Waals surface area contributed by atoms with Crippen molar-refractivity contribution in [2.24, 2.45) is 4.99 Å². The molecule has 1 aromatic rings.